The van der Waals surface area contributed by atoms with E-state index in [0.29, 0.717) is 13.0 Å². The van der Waals surface area contributed by atoms with E-state index >= 15 is 0 Å². The Morgan fingerprint density at radius 2 is 2.18 bits per heavy atom. The number of thiophene rings is 1. The van der Waals surface area contributed by atoms with Gasteiger partial charge in [-0.05, 0) is 42.5 Å². The average Bonchev–Trinajstić information content (AvgIpc) is 2.77. The van der Waals surface area contributed by atoms with Crippen molar-refractivity contribution >= 4 is 17.2 Å². The molecule has 0 atom stereocenters. The van der Waals surface area contributed by atoms with Crippen molar-refractivity contribution < 1.29 is 5.11 Å². The van der Waals surface area contributed by atoms with Gasteiger partial charge < -0.3 is 10.4 Å². The Balaban J connectivity index is 2.06. The quantitative estimate of drug-likeness (QED) is 0.798. The molecule has 0 saturated heterocycles. The highest BCUT2D eigenvalue weighted by Gasteiger charge is 2.05. The molecular weight excluding hydrogens is 234 g/mol. The predicted octanol–water partition coefficient (Wildman–Crippen LogP) is 2.31. The summed E-state index contributed by atoms with van der Waals surface area (Å²) >= 11 is 1.67. The molecule has 17 heavy (non-hydrogen) atoms. The van der Waals surface area contributed by atoms with Crippen molar-refractivity contribution in [1.29, 1.82) is 0 Å². The normalized spacial score (nSPS) is 10.5. The van der Waals surface area contributed by atoms with Crippen LogP contribution in [0.4, 0.5) is 5.82 Å². The summed E-state index contributed by atoms with van der Waals surface area (Å²) in [6, 6.07) is 5.96. The third kappa shape index (κ3) is 3.01. The van der Waals surface area contributed by atoms with Gasteiger partial charge in [0.1, 0.15) is 11.5 Å². The largest absolute Gasteiger partial charge is 0.396 e. The molecule has 0 amide bonds. The summed E-state index contributed by atoms with van der Waals surface area (Å²) in [5.41, 5.74) is 2.13. The highest BCUT2D eigenvalue weighted by Crippen LogP contribution is 2.26. The highest BCUT2D eigenvalue weighted by atomic mass is 32.1. The van der Waals surface area contributed by atoms with Crippen LogP contribution >= 0.6 is 11.3 Å². The van der Waals surface area contributed by atoms with E-state index in [2.05, 4.69) is 33.9 Å². The minimum atomic E-state index is 0.187. The molecule has 0 aliphatic rings. The molecule has 0 unspecified atom stereocenters. The minimum absolute atomic E-state index is 0.187. The average molecular weight is 249 g/mol. The summed E-state index contributed by atoms with van der Waals surface area (Å²) in [6.07, 6.45) is 0.716. The molecule has 2 aromatic heterocycles. The maximum Gasteiger partial charge on any atom is 0.148 e. The van der Waals surface area contributed by atoms with Crippen LogP contribution in [0.2, 0.25) is 0 Å². The van der Waals surface area contributed by atoms with Crippen LogP contribution in [0.15, 0.2) is 23.6 Å². The fourth-order valence-corrected chi connectivity index (χ4v) is 2.37. The number of rotatable bonds is 5. The second-order valence-electron chi connectivity index (χ2n) is 3.74. The molecule has 0 spiro atoms. The van der Waals surface area contributed by atoms with Crippen LogP contribution in [0.3, 0.4) is 0 Å². The van der Waals surface area contributed by atoms with Crippen molar-refractivity contribution in [3.05, 3.63) is 29.1 Å². The second-order valence-corrected chi connectivity index (χ2v) is 4.66. The molecule has 90 valence electrons. The molecule has 0 aliphatic heterocycles. The standard InChI is InChI=1S/C12H15N3OS/c1-9-5-8-17-12(9)10-3-4-11(15-14-10)13-6-2-7-16/h3-5,8,16H,2,6-7H2,1H3,(H,13,15). The first-order valence-corrected chi connectivity index (χ1v) is 6.42. The predicted molar refractivity (Wildman–Crippen MR) is 70.3 cm³/mol. The van der Waals surface area contributed by atoms with E-state index in [-0.39, 0.29) is 6.61 Å². The fourth-order valence-electron chi connectivity index (χ4n) is 1.48. The van der Waals surface area contributed by atoms with Gasteiger partial charge in [0, 0.05) is 13.2 Å². The first kappa shape index (κ1) is 12.0. The Hall–Kier alpha value is -1.46. The Bertz CT molecular complexity index is 467. The van der Waals surface area contributed by atoms with Crippen molar-refractivity contribution in [1.82, 2.24) is 10.2 Å². The monoisotopic (exact) mass is 249 g/mol. The Morgan fingerprint density at radius 3 is 2.76 bits per heavy atom. The van der Waals surface area contributed by atoms with Gasteiger partial charge in [0.15, 0.2) is 0 Å². The summed E-state index contributed by atoms with van der Waals surface area (Å²) < 4.78 is 0. The fraction of sp³-hybridized carbons (Fsp3) is 0.333. The van der Waals surface area contributed by atoms with Crippen molar-refractivity contribution in [2.45, 2.75) is 13.3 Å². The van der Waals surface area contributed by atoms with Crippen molar-refractivity contribution in [3.63, 3.8) is 0 Å². The lowest BCUT2D eigenvalue weighted by Gasteiger charge is -2.04. The van der Waals surface area contributed by atoms with Gasteiger partial charge in [0.05, 0.1) is 4.88 Å². The number of hydrogen-bond donors (Lipinski definition) is 2. The van der Waals surface area contributed by atoms with E-state index in [1.54, 1.807) is 11.3 Å². The number of aryl methyl sites for hydroxylation is 1. The van der Waals surface area contributed by atoms with E-state index in [9.17, 15) is 0 Å². The third-order valence-corrected chi connectivity index (χ3v) is 3.44. The number of nitrogens with zero attached hydrogens (tertiary/aromatic N) is 2. The zero-order chi connectivity index (χ0) is 12.1. The van der Waals surface area contributed by atoms with Gasteiger partial charge in [-0.15, -0.1) is 21.5 Å². The summed E-state index contributed by atoms with van der Waals surface area (Å²) in [5.74, 6) is 0.747. The molecule has 0 aromatic carbocycles. The van der Waals surface area contributed by atoms with Crippen LogP contribution in [-0.4, -0.2) is 28.5 Å². The van der Waals surface area contributed by atoms with Gasteiger partial charge in [-0.2, -0.15) is 0 Å². The van der Waals surface area contributed by atoms with Gasteiger partial charge >= 0.3 is 0 Å². The lowest BCUT2D eigenvalue weighted by molar-refractivity contribution is 0.292. The molecule has 2 rings (SSSR count). The Morgan fingerprint density at radius 1 is 1.29 bits per heavy atom. The van der Waals surface area contributed by atoms with E-state index in [4.69, 9.17) is 5.11 Å². The van der Waals surface area contributed by atoms with E-state index in [1.165, 1.54) is 10.4 Å². The van der Waals surface area contributed by atoms with Crippen molar-refractivity contribution in [3.8, 4) is 10.6 Å². The number of aromatic nitrogens is 2. The maximum atomic E-state index is 8.67. The van der Waals surface area contributed by atoms with Crippen molar-refractivity contribution in [2.75, 3.05) is 18.5 Å². The molecule has 2 heterocycles. The summed E-state index contributed by atoms with van der Waals surface area (Å²) in [6.45, 7) is 2.97. The molecule has 0 radical (unpaired) electrons. The molecule has 5 heteroatoms. The molecular formula is C12H15N3OS. The van der Waals surface area contributed by atoms with E-state index in [0.717, 1.165) is 11.5 Å². The van der Waals surface area contributed by atoms with Crippen LogP contribution in [-0.2, 0) is 0 Å². The Kier molecular flexibility index (Phi) is 4.06. The molecule has 4 nitrogen and oxygen atoms in total. The van der Waals surface area contributed by atoms with Gasteiger partial charge in [0.25, 0.3) is 0 Å². The van der Waals surface area contributed by atoms with Gasteiger partial charge in [-0.3, -0.25) is 0 Å². The molecule has 0 aliphatic carbocycles. The zero-order valence-corrected chi connectivity index (χ0v) is 10.5. The molecule has 0 saturated carbocycles. The topological polar surface area (TPSA) is 58.0 Å². The molecule has 2 aromatic rings. The number of nitrogens with one attached hydrogen (secondary N) is 1. The van der Waals surface area contributed by atoms with Crippen LogP contribution in [0.25, 0.3) is 10.6 Å². The van der Waals surface area contributed by atoms with E-state index < -0.39 is 0 Å². The van der Waals surface area contributed by atoms with Gasteiger partial charge in [-0.25, -0.2) is 0 Å². The number of anilines is 1. The first-order valence-electron chi connectivity index (χ1n) is 5.54. The lowest BCUT2D eigenvalue weighted by atomic mass is 10.2. The zero-order valence-electron chi connectivity index (χ0n) is 9.68. The van der Waals surface area contributed by atoms with E-state index in [1.807, 2.05) is 12.1 Å². The van der Waals surface area contributed by atoms with Crippen LogP contribution in [0.1, 0.15) is 12.0 Å². The van der Waals surface area contributed by atoms with Crippen LogP contribution in [0, 0.1) is 6.92 Å². The molecule has 0 fully saturated rings. The van der Waals surface area contributed by atoms with Crippen molar-refractivity contribution in [2.24, 2.45) is 0 Å². The summed E-state index contributed by atoms with van der Waals surface area (Å²) in [5, 5.41) is 22.1. The first-order chi connectivity index (χ1) is 8.31. The lowest BCUT2D eigenvalue weighted by Crippen LogP contribution is -2.05. The Labute approximate surface area is 104 Å². The molecule has 0 bridgehead atoms. The third-order valence-electron chi connectivity index (χ3n) is 2.40. The number of hydrogen-bond acceptors (Lipinski definition) is 5. The summed E-state index contributed by atoms with van der Waals surface area (Å²) in [4.78, 5) is 1.17. The summed E-state index contributed by atoms with van der Waals surface area (Å²) in [7, 11) is 0. The molecule has 2 N–H and O–H groups in total. The SMILES string of the molecule is Cc1ccsc1-c1ccc(NCCCO)nn1. The minimum Gasteiger partial charge on any atom is -0.396 e. The second kappa shape index (κ2) is 5.75. The highest BCUT2D eigenvalue weighted by molar-refractivity contribution is 7.13. The smallest absolute Gasteiger partial charge is 0.148 e. The van der Waals surface area contributed by atoms with Crippen LogP contribution < -0.4 is 5.32 Å². The number of aliphatic hydroxyl groups excluding tert-OH is 1. The number of aliphatic hydroxyl groups is 1. The van der Waals surface area contributed by atoms with Gasteiger partial charge in [0.2, 0.25) is 0 Å². The van der Waals surface area contributed by atoms with Crippen LogP contribution in [0.5, 0.6) is 0 Å². The van der Waals surface area contributed by atoms with Gasteiger partial charge in [-0.1, -0.05) is 0 Å². The maximum absolute atomic E-state index is 8.67.